The van der Waals surface area contributed by atoms with Gasteiger partial charge in [-0.05, 0) is 56.0 Å². The maximum atomic E-state index is 13.3. The number of carbonyl (C=O) groups is 1. The van der Waals surface area contributed by atoms with Crippen LogP contribution in [0.5, 0.6) is 0 Å². The van der Waals surface area contributed by atoms with Crippen molar-refractivity contribution in [1.29, 1.82) is 0 Å². The molecule has 2 aromatic carbocycles. The van der Waals surface area contributed by atoms with Crippen LogP contribution in [-0.4, -0.2) is 27.4 Å². The van der Waals surface area contributed by atoms with Crippen LogP contribution < -0.4 is 14.9 Å². The number of amides is 1. The van der Waals surface area contributed by atoms with Gasteiger partial charge in [-0.2, -0.15) is 0 Å². The molecule has 0 radical (unpaired) electrons. The third-order valence-electron chi connectivity index (χ3n) is 4.83. The van der Waals surface area contributed by atoms with E-state index < -0.39 is 10.0 Å². The number of hydrogen-bond donors (Lipinski definition) is 2. The van der Waals surface area contributed by atoms with Crippen LogP contribution in [-0.2, 0) is 14.8 Å². The van der Waals surface area contributed by atoms with Gasteiger partial charge in [0.25, 0.3) is 10.0 Å². The second kappa shape index (κ2) is 9.50. The molecule has 0 saturated carbocycles. The van der Waals surface area contributed by atoms with E-state index in [9.17, 15) is 13.2 Å². The van der Waals surface area contributed by atoms with Crippen LogP contribution in [0.15, 0.2) is 47.4 Å². The highest BCUT2D eigenvalue weighted by Crippen LogP contribution is 2.33. The summed E-state index contributed by atoms with van der Waals surface area (Å²) in [6, 6.07) is 11.8. The van der Waals surface area contributed by atoms with E-state index >= 15 is 0 Å². The number of rotatable bonds is 7. The first-order chi connectivity index (χ1) is 13.9. The zero-order valence-corrected chi connectivity index (χ0v) is 18.0. The Morgan fingerprint density at radius 1 is 1.10 bits per heavy atom. The molecule has 1 amide bonds. The van der Waals surface area contributed by atoms with E-state index in [0.717, 1.165) is 38.8 Å². The quantitative estimate of drug-likeness (QED) is 0.650. The molecule has 0 atom stereocenters. The van der Waals surface area contributed by atoms with Gasteiger partial charge in [-0.1, -0.05) is 30.7 Å². The summed E-state index contributed by atoms with van der Waals surface area (Å²) in [6.45, 7) is 3.52. The molecular weight excluding hydrogens is 410 g/mol. The zero-order chi connectivity index (χ0) is 20.9. The Bertz CT molecular complexity index is 973. The summed E-state index contributed by atoms with van der Waals surface area (Å²) in [5.41, 5.74) is 1.42. The fourth-order valence-corrected chi connectivity index (χ4v) is 4.97. The van der Waals surface area contributed by atoms with Crippen molar-refractivity contribution in [3.05, 3.63) is 47.5 Å². The Balaban J connectivity index is 1.99. The molecule has 29 heavy (non-hydrogen) atoms. The van der Waals surface area contributed by atoms with Crippen LogP contribution >= 0.6 is 11.6 Å². The normalized spacial score (nSPS) is 14.5. The van der Waals surface area contributed by atoms with Gasteiger partial charge in [0.2, 0.25) is 5.91 Å². The average molecular weight is 436 g/mol. The van der Waals surface area contributed by atoms with Gasteiger partial charge in [-0.15, -0.1) is 0 Å². The van der Waals surface area contributed by atoms with Gasteiger partial charge in [0.05, 0.1) is 16.4 Å². The molecule has 0 unspecified atom stereocenters. The lowest BCUT2D eigenvalue weighted by molar-refractivity contribution is -0.116. The van der Waals surface area contributed by atoms with Crippen LogP contribution in [0.2, 0.25) is 5.02 Å². The molecule has 1 saturated heterocycles. The molecule has 6 nitrogen and oxygen atoms in total. The van der Waals surface area contributed by atoms with Crippen molar-refractivity contribution in [3.63, 3.8) is 0 Å². The van der Waals surface area contributed by atoms with Crippen LogP contribution in [0.25, 0.3) is 0 Å². The van der Waals surface area contributed by atoms with Gasteiger partial charge in [0.1, 0.15) is 4.90 Å². The van der Waals surface area contributed by atoms with Crippen molar-refractivity contribution in [1.82, 2.24) is 0 Å². The monoisotopic (exact) mass is 435 g/mol. The van der Waals surface area contributed by atoms with Crippen molar-refractivity contribution in [2.24, 2.45) is 0 Å². The first-order valence-corrected chi connectivity index (χ1v) is 11.7. The molecule has 0 aromatic heterocycles. The highest BCUT2D eigenvalue weighted by Gasteiger charge is 2.25. The summed E-state index contributed by atoms with van der Waals surface area (Å²) in [6.07, 6.45) is 4.28. The van der Waals surface area contributed by atoms with E-state index in [1.807, 2.05) is 6.92 Å². The lowest BCUT2D eigenvalue weighted by atomic mass is 10.1. The van der Waals surface area contributed by atoms with Gasteiger partial charge in [0, 0.05) is 25.2 Å². The minimum absolute atomic E-state index is 0.133. The summed E-state index contributed by atoms with van der Waals surface area (Å²) < 4.78 is 29.1. The molecule has 2 N–H and O–H groups in total. The van der Waals surface area contributed by atoms with E-state index in [-0.39, 0.29) is 10.8 Å². The maximum Gasteiger partial charge on any atom is 0.264 e. The summed E-state index contributed by atoms with van der Waals surface area (Å²) >= 11 is 6.15. The van der Waals surface area contributed by atoms with Gasteiger partial charge in [-0.3, -0.25) is 9.52 Å². The van der Waals surface area contributed by atoms with Gasteiger partial charge < -0.3 is 10.2 Å². The van der Waals surface area contributed by atoms with Crippen molar-refractivity contribution in [3.8, 4) is 0 Å². The number of para-hydroxylation sites is 1. The van der Waals surface area contributed by atoms with Crippen LogP contribution in [0.3, 0.4) is 0 Å². The third kappa shape index (κ3) is 5.42. The van der Waals surface area contributed by atoms with Crippen molar-refractivity contribution >= 4 is 44.6 Å². The smallest absolute Gasteiger partial charge is 0.264 e. The average Bonchev–Trinajstić information content (AvgIpc) is 2.70. The molecule has 1 aliphatic heterocycles. The molecular formula is C21H26ClN3O3S. The number of nitrogens with one attached hydrogen (secondary N) is 2. The Morgan fingerprint density at radius 3 is 2.52 bits per heavy atom. The SMILES string of the molecule is CCCC(=O)Nc1ccc(N2CCCCC2)c(S(=O)(=O)Nc2ccccc2Cl)c1. The number of carbonyl (C=O) groups excluding carboxylic acids is 1. The summed E-state index contributed by atoms with van der Waals surface area (Å²) in [4.78, 5) is 14.2. The number of benzene rings is 2. The summed E-state index contributed by atoms with van der Waals surface area (Å²) in [5, 5.41) is 3.11. The topological polar surface area (TPSA) is 78.5 Å². The number of hydrogen-bond acceptors (Lipinski definition) is 4. The highest BCUT2D eigenvalue weighted by atomic mass is 35.5. The van der Waals surface area contributed by atoms with Crippen molar-refractivity contribution < 1.29 is 13.2 Å². The number of halogens is 1. The maximum absolute atomic E-state index is 13.3. The lowest BCUT2D eigenvalue weighted by Gasteiger charge is -2.30. The van der Waals surface area contributed by atoms with E-state index in [1.165, 1.54) is 6.07 Å². The van der Waals surface area contributed by atoms with Crippen LogP contribution in [0.1, 0.15) is 39.0 Å². The standard InChI is InChI=1S/C21H26ClN3O3S/c1-2-8-21(26)23-16-11-12-19(25-13-6-3-7-14-25)20(15-16)29(27,28)24-18-10-5-4-9-17(18)22/h4-5,9-12,15,24H,2-3,6-8,13-14H2,1H3,(H,23,26). The second-order valence-corrected chi connectivity index (χ2v) is 9.17. The number of sulfonamides is 1. The van der Waals surface area contributed by atoms with E-state index in [4.69, 9.17) is 11.6 Å². The Labute approximate surface area is 177 Å². The molecule has 3 rings (SSSR count). The van der Waals surface area contributed by atoms with Gasteiger partial charge >= 0.3 is 0 Å². The molecule has 1 heterocycles. The molecule has 0 bridgehead atoms. The molecule has 0 aliphatic carbocycles. The Kier molecular flexibility index (Phi) is 7.03. The minimum Gasteiger partial charge on any atom is -0.370 e. The molecule has 1 aliphatic rings. The Hall–Kier alpha value is -2.25. The van der Waals surface area contributed by atoms with E-state index in [2.05, 4.69) is 14.9 Å². The zero-order valence-electron chi connectivity index (χ0n) is 16.4. The predicted octanol–water partition coefficient (Wildman–Crippen LogP) is 4.87. The Morgan fingerprint density at radius 2 is 1.83 bits per heavy atom. The summed E-state index contributed by atoms with van der Waals surface area (Å²) in [5.74, 6) is -0.138. The highest BCUT2D eigenvalue weighted by molar-refractivity contribution is 7.93. The van der Waals surface area contributed by atoms with Crippen LogP contribution in [0.4, 0.5) is 17.1 Å². The van der Waals surface area contributed by atoms with E-state index in [0.29, 0.717) is 28.5 Å². The number of nitrogens with zero attached hydrogens (tertiary/aromatic N) is 1. The van der Waals surface area contributed by atoms with Crippen molar-refractivity contribution in [2.75, 3.05) is 28.0 Å². The molecule has 1 fully saturated rings. The first kappa shape index (κ1) is 21.5. The first-order valence-electron chi connectivity index (χ1n) is 9.87. The third-order valence-corrected chi connectivity index (χ3v) is 6.55. The lowest BCUT2D eigenvalue weighted by Crippen LogP contribution is -2.31. The number of anilines is 3. The van der Waals surface area contributed by atoms with Crippen molar-refractivity contribution in [2.45, 2.75) is 43.9 Å². The second-order valence-electron chi connectivity index (χ2n) is 7.11. The molecule has 2 aromatic rings. The fourth-order valence-electron chi connectivity index (χ4n) is 3.40. The minimum atomic E-state index is -3.91. The fraction of sp³-hybridized carbons (Fsp3) is 0.381. The van der Waals surface area contributed by atoms with E-state index in [1.54, 1.807) is 36.4 Å². The molecule has 0 spiro atoms. The molecule has 156 valence electrons. The predicted molar refractivity (Wildman–Crippen MR) is 118 cm³/mol. The largest absolute Gasteiger partial charge is 0.370 e. The molecule has 8 heteroatoms. The number of piperidine rings is 1. The van der Waals surface area contributed by atoms with Gasteiger partial charge in [-0.25, -0.2) is 8.42 Å². The van der Waals surface area contributed by atoms with Gasteiger partial charge in [0.15, 0.2) is 0 Å². The summed E-state index contributed by atoms with van der Waals surface area (Å²) in [7, 11) is -3.91. The van der Waals surface area contributed by atoms with Crippen LogP contribution in [0, 0.1) is 0 Å².